The fourth-order valence-electron chi connectivity index (χ4n) is 0.920. The number of hydrogen-bond acceptors (Lipinski definition) is 4. The van der Waals surface area contributed by atoms with Gasteiger partial charge in [-0.3, -0.25) is 9.13 Å². The van der Waals surface area contributed by atoms with Crippen LogP contribution in [-0.4, -0.2) is 35.3 Å². The van der Waals surface area contributed by atoms with Crippen LogP contribution in [0.1, 0.15) is 13.8 Å². The molecule has 14 heavy (non-hydrogen) atoms. The zero-order valence-electron chi connectivity index (χ0n) is 7.52. The van der Waals surface area contributed by atoms with Gasteiger partial charge in [-0.15, -0.1) is 0 Å². The fraction of sp³-hybridized carbons (Fsp3) is 1.00. The summed E-state index contributed by atoms with van der Waals surface area (Å²) in [5, 5.41) is 5.79. The van der Waals surface area contributed by atoms with Crippen LogP contribution in [-0.2, 0) is 9.13 Å². The quantitative estimate of drug-likeness (QED) is 0.337. The Hall–Kier alpha value is 0.220. The van der Waals surface area contributed by atoms with E-state index in [1.165, 1.54) is 0 Å². The summed E-state index contributed by atoms with van der Waals surface area (Å²) in [5.74, 6) is 0. The van der Waals surface area contributed by atoms with Gasteiger partial charge in [0.25, 0.3) is 5.08 Å². The zero-order valence-corrected chi connectivity index (χ0v) is 9.31. The molecule has 0 heterocycles. The molecule has 0 aromatic carbocycles. The van der Waals surface area contributed by atoms with Crippen LogP contribution in [0.3, 0.4) is 0 Å². The largest absolute Gasteiger partial charge is 0.371 e. The number of aliphatic hydroxyl groups is 1. The zero-order chi connectivity index (χ0) is 12.0. The average Bonchev–Trinajstić information content (AvgIpc) is 1.77. The molecule has 0 saturated carbocycles. The van der Waals surface area contributed by atoms with E-state index in [4.69, 9.17) is 25.3 Å². The molecule has 0 aliphatic rings. The van der Waals surface area contributed by atoms with Crippen molar-refractivity contribution in [1.82, 2.24) is 0 Å². The van der Waals surface area contributed by atoms with Gasteiger partial charge in [0.15, 0.2) is 0 Å². The van der Waals surface area contributed by atoms with Crippen LogP contribution in [0.15, 0.2) is 0 Å². The van der Waals surface area contributed by atoms with Crippen molar-refractivity contribution < 1.29 is 33.8 Å². The summed E-state index contributed by atoms with van der Waals surface area (Å²) in [6.07, 6.45) is 0. The molecule has 0 unspecified atom stereocenters. The first-order valence-electron chi connectivity index (χ1n) is 3.37. The molecule has 0 aliphatic heterocycles. The van der Waals surface area contributed by atoms with E-state index >= 15 is 0 Å². The van der Waals surface area contributed by atoms with Gasteiger partial charge in [0.2, 0.25) is 0 Å². The van der Waals surface area contributed by atoms with Crippen molar-refractivity contribution in [1.29, 1.82) is 0 Å². The van der Waals surface area contributed by atoms with Crippen LogP contribution in [0, 0.1) is 0 Å². The predicted octanol–water partition coefficient (Wildman–Crippen LogP) is -1.27. The Morgan fingerprint density at radius 1 is 1.00 bits per heavy atom. The highest BCUT2D eigenvalue weighted by molar-refractivity contribution is 7.72. The Labute approximate surface area is 80.1 Å². The van der Waals surface area contributed by atoms with Crippen molar-refractivity contribution in [2.75, 3.05) is 0 Å². The standard InChI is InChI=1S/C4H13NO7P2/c1-3(2,5)4(6,13(7,8)9)14(10,11)12/h6H,5H2,1-2H3,(H2,7,8,9)(H2,10,11,12). The number of rotatable bonds is 3. The molecule has 0 rings (SSSR count). The van der Waals surface area contributed by atoms with Crippen molar-refractivity contribution in [2.24, 2.45) is 5.73 Å². The molecule has 0 aromatic rings. The lowest BCUT2D eigenvalue weighted by molar-refractivity contribution is 0.0757. The first-order chi connectivity index (χ1) is 5.75. The monoisotopic (exact) mass is 249 g/mol. The second-order valence-electron chi connectivity index (χ2n) is 3.45. The van der Waals surface area contributed by atoms with Crippen LogP contribution in [0.25, 0.3) is 0 Å². The van der Waals surface area contributed by atoms with E-state index in [0.717, 1.165) is 13.8 Å². The maximum atomic E-state index is 10.8. The highest BCUT2D eigenvalue weighted by Gasteiger charge is 2.66. The van der Waals surface area contributed by atoms with Crippen molar-refractivity contribution in [3.05, 3.63) is 0 Å². The SMILES string of the molecule is CC(C)(N)C(O)(P(=O)(O)O)P(=O)(O)O. The van der Waals surface area contributed by atoms with E-state index in [1.54, 1.807) is 0 Å². The molecule has 0 radical (unpaired) electrons. The van der Waals surface area contributed by atoms with E-state index in [-0.39, 0.29) is 0 Å². The molecule has 8 nitrogen and oxygen atoms in total. The third kappa shape index (κ3) is 2.08. The van der Waals surface area contributed by atoms with Crippen LogP contribution >= 0.6 is 15.2 Å². The Morgan fingerprint density at radius 2 is 1.21 bits per heavy atom. The predicted molar refractivity (Wildman–Crippen MR) is 47.3 cm³/mol. The Balaban J connectivity index is 5.81. The van der Waals surface area contributed by atoms with Gasteiger partial charge in [0.05, 0.1) is 5.54 Å². The molecular formula is C4H13NO7P2. The molecule has 0 bridgehead atoms. The van der Waals surface area contributed by atoms with E-state index in [1.807, 2.05) is 0 Å². The second kappa shape index (κ2) is 3.37. The maximum Gasteiger partial charge on any atom is 0.371 e. The molecule has 86 valence electrons. The lowest BCUT2D eigenvalue weighted by atomic mass is 10.1. The summed E-state index contributed by atoms with van der Waals surface area (Å²) in [5.41, 5.74) is 3.00. The van der Waals surface area contributed by atoms with Gasteiger partial charge < -0.3 is 30.4 Å². The third-order valence-corrected chi connectivity index (χ3v) is 6.02. The molecule has 0 amide bonds. The van der Waals surface area contributed by atoms with E-state index in [0.29, 0.717) is 0 Å². The molecule has 0 saturated heterocycles. The topological polar surface area (TPSA) is 161 Å². The minimum absolute atomic E-state index is 0.908. The van der Waals surface area contributed by atoms with E-state index < -0.39 is 25.8 Å². The van der Waals surface area contributed by atoms with Gasteiger partial charge in [-0.25, -0.2) is 0 Å². The lowest BCUT2D eigenvalue weighted by Gasteiger charge is -2.39. The summed E-state index contributed by atoms with van der Waals surface area (Å²) in [4.78, 5) is 34.8. The summed E-state index contributed by atoms with van der Waals surface area (Å²) >= 11 is 0. The molecule has 0 atom stereocenters. The highest BCUT2D eigenvalue weighted by atomic mass is 31.2. The summed E-state index contributed by atoms with van der Waals surface area (Å²) in [7, 11) is -10.9. The van der Waals surface area contributed by atoms with E-state index in [2.05, 4.69) is 0 Å². The van der Waals surface area contributed by atoms with E-state index in [9.17, 15) is 14.2 Å². The van der Waals surface area contributed by atoms with Crippen molar-refractivity contribution in [3.63, 3.8) is 0 Å². The van der Waals surface area contributed by atoms with Gasteiger partial charge in [0.1, 0.15) is 0 Å². The molecule has 0 aromatic heterocycles. The van der Waals surface area contributed by atoms with Crippen molar-refractivity contribution in [2.45, 2.75) is 24.5 Å². The molecule has 0 aliphatic carbocycles. The lowest BCUT2D eigenvalue weighted by Crippen LogP contribution is -2.55. The van der Waals surface area contributed by atoms with Crippen LogP contribution in [0.5, 0.6) is 0 Å². The van der Waals surface area contributed by atoms with Crippen LogP contribution in [0.2, 0.25) is 0 Å². The van der Waals surface area contributed by atoms with Gasteiger partial charge >= 0.3 is 15.2 Å². The normalized spacial score (nSPS) is 15.7. The van der Waals surface area contributed by atoms with Crippen molar-refractivity contribution in [3.8, 4) is 0 Å². The molecule has 0 spiro atoms. The van der Waals surface area contributed by atoms with Gasteiger partial charge in [-0.2, -0.15) is 0 Å². The fourth-order valence-corrected chi connectivity index (χ4v) is 3.78. The molecular weight excluding hydrogens is 236 g/mol. The molecule has 7 N–H and O–H groups in total. The Morgan fingerprint density at radius 3 is 1.21 bits per heavy atom. The van der Waals surface area contributed by atoms with Gasteiger partial charge in [-0.05, 0) is 13.8 Å². The maximum absolute atomic E-state index is 10.8. The third-order valence-electron chi connectivity index (χ3n) is 1.68. The minimum Gasteiger partial charge on any atom is -0.366 e. The first kappa shape index (κ1) is 14.2. The summed E-state index contributed by atoms with van der Waals surface area (Å²) < 4.78 is 21.6. The van der Waals surface area contributed by atoms with Gasteiger partial charge in [-0.1, -0.05) is 0 Å². The summed E-state index contributed by atoms with van der Waals surface area (Å²) in [6.45, 7) is 1.82. The first-order valence-corrected chi connectivity index (χ1v) is 6.60. The Kier molecular flexibility index (Phi) is 3.42. The Bertz CT molecular complexity index is 286. The number of hydrogen-bond donors (Lipinski definition) is 6. The van der Waals surface area contributed by atoms with Crippen molar-refractivity contribution >= 4 is 15.2 Å². The highest BCUT2D eigenvalue weighted by Crippen LogP contribution is 2.70. The smallest absolute Gasteiger partial charge is 0.366 e. The second-order valence-corrected chi connectivity index (χ2v) is 7.27. The van der Waals surface area contributed by atoms with Crippen LogP contribution in [0.4, 0.5) is 0 Å². The van der Waals surface area contributed by atoms with Gasteiger partial charge in [0, 0.05) is 0 Å². The molecule has 10 heteroatoms. The minimum atomic E-state index is -5.46. The molecule has 0 fully saturated rings. The summed E-state index contributed by atoms with van der Waals surface area (Å²) in [6, 6.07) is 0. The number of nitrogens with two attached hydrogens (primary N) is 1. The average molecular weight is 249 g/mol. The van der Waals surface area contributed by atoms with Crippen LogP contribution < -0.4 is 5.73 Å².